The van der Waals surface area contributed by atoms with Gasteiger partial charge in [0, 0.05) is 6.54 Å². The van der Waals surface area contributed by atoms with Gasteiger partial charge in [0.05, 0.1) is 17.3 Å². The Morgan fingerprint density at radius 3 is 2.94 bits per heavy atom. The molecule has 4 nitrogen and oxygen atoms in total. The quantitative estimate of drug-likeness (QED) is 0.854. The second kappa shape index (κ2) is 5.78. The van der Waals surface area contributed by atoms with Gasteiger partial charge in [-0.3, -0.25) is 0 Å². The van der Waals surface area contributed by atoms with Gasteiger partial charge >= 0.3 is 0 Å². The minimum absolute atomic E-state index is 0.551. The molecule has 94 valence electrons. The van der Waals surface area contributed by atoms with E-state index in [9.17, 15) is 0 Å². The van der Waals surface area contributed by atoms with Crippen LogP contribution in [0.2, 0.25) is 0 Å². The van der Waals surface area contributed by atoms with Crippen LogP contribution >= 0.6 is 15.9 Å². The van der Waals surface area contributed by atoms with E-state index in [1.165, 1.54) is 19.5 Å². The summed E-state index contributed by atoms with van der Waals surface area (Å²) >= 11 is 3.44. The largest absolute Gasteiger partial charge is 0.479 e. The van der Waals surface area contributed by atoms with Crippen LogP contribution in [0.4, 0.5) is 0 Å². The normalized spacial score (nSPS) is 20.8. The van der Waals surface area contributed by atoms with Gasteiger partial charge in [-0.25, -0.2) is 0 Å². The zero-order valence-corrected chi connectivity index (χ0v) is 11.9. The van der Waals surface area contributed by atoms with Gasteiger partial charge in [0.2, 0.25) is 5.88 Å². The van der Waals surface area contributed by atoms with Gasteiger partial charge in [-0.1, -0.05) is 6.92 Å². The van der Waals surface area contributed by atoms with E-state index in [0.29, 0.717) is 11.8 Å². The van der Waals surface area contributed by atoms with Gasteiger partial charge in [0.1, 0.15) is 0 Å². The van der Waals surface area contributed by atoms with Gasteiger partial charge in [-0.2, -0.15) is 5.10 Å². The third-order valence-electron chi connectivity index (χ3n) is 3.28. The predicted molar refractivity (Wildman–Crippen MR) is 70.2 cm³/mol. The molecule has 0 saturated carbocycles. The van der Waals surface area contributed by atoms with E-state index in [4.69, 9.17) is 4.74 Å². The standard InChI is InChI=1S/C12H18BrN3O/c1-3-16-5-4-9(8-16)6-10-7-11(13)12(17-2)15-14-10/h7,9H,3-6,8H2,1-2H3. The van der Waals surface area contributed by atoms with E-state index < -0.39 is 0 Å². The monoisotopic (exact) mass is 299 g/mol. The van der Waals surface area contributed by atoms with Crippen LogP contribution in [0.3, 0.4) is 0 Å². The Morgan fingerprint density at radius 1 is 1.53 bits per heavy atom. The maximum Gasteiger partial charge on any atom is 0.247 e. The average Bonchev–Trinajstić information content (AvgIpc) is 2.77. The smallest absolute Gasteiger partial charge is 0.247 e. The molecular formula is C12H18BrN3O. The molecule has 0 amide bonds. The Hall–Kier alpha value is -0.680. The molecule has 1 aliphatic rings. The molecule has 1 saturated heterocycles. The lowest BCUT2D eigenvalue weighted by Crippen LogP contribution is -2.20. The van der Waals surface area contributed by atoms with Crippen LogP contribution < -0.4 is 4.74 Å². The number of hydrogen-bond donors (Lipinski definition) is 0. The summed E-state index contributed by atoms with van der Waals surface area (Å²) in [6.07, 6.45) is 2.27. The lowest BCUT2D eigenvalue weighted by atomic mass is 10.0. The van der Waals surface area contributed by atoms with E-state index in [1.807, 2.05) is 6.07 Å². The summed E-state index contributed by atoms with van der Waals surface area (Å²) in [6.45, 7) is 5.76. The van der Waals surface area contributed by atoms with Crippen LogP contribution in [0.5, 0.6) is 5.88 Å². The lowest BCUT2D eigenvalue weighted by molar-refractivity contribution is 0.341. The molecule has 0 N–H and O–H groups in total. The SMILES string of the molecule is CCN1CCC(Cc2cc(Br)c(OC)nn2)C1. The lowest BCUT2D eigenvalue weighted by Gasteiger charge is -2.12. The van der Waals surface area contributed by atoms with Crippen molar-refractivity contribution >= 4 is 15.9 Å². The summed E-state index contributed by atoms with van der Waals surface area (Å²) in [6, 6.07) is 2.01. The number of methoxy groups -OCH3 is 1. The van der Waals surface area contributed by atoms with E-state index >= 15 is 0 Å². The Balaban J connectivity index is 1.97. The van der Waals surface area contributed by atoms with E-state index in [-0.39, 0.29) is 0 Å². The van der Waals surface area contributed by atoms with E-state index in [0.717, 1.165) is 23.1 Å². The fourth-order valence-corrected chi connectivity index (χ4v) is 2.80. The molecule has 1 aliphatic heterocycles. The molecule has 5 heteroatoms. The topological polar surface area (TPSA) is 38.2 Å². The van der Waals surface area contributed by atoms with Crippen molar-refractivity contribution in [1.29, 1.82) is 0 Å². The van der Waals surface area contributed by atoms with E-state index in [1.54, 1.807) is 7.11 Å². The first-order valence-corrected chi connectivity index (χ1v) is 6.80. The first-order valence-electron chi connectivity index (χ1n) is 6.01. The Morgan fingerprint density at radius 2 is 2.35 bits per heavy atom. The molecule has 17 heavy (non-hydrogen) atoms. The van der Waals surface area contributed by atoms with Crippen LogP contribution in [0.15, 0.2) is 10.5 Å². The van der Waals surface area contributed by atoms with Gasteiger partial charge in [0.15, 0.2) is 0 Å². The minimum Gasteiger partial charge on any atom is -0.479 e. The minimum atomic E-state index is 0.551. The first-order chi connectivity index (χ1) is 8.22. The fraction of sp³-hybridized carbons (Fsp3) is 0.667. The van der Waals surface area contributed by atoms with E-state index in [2.05, 4.69) is 38.0 Å². The third kappa shape index (κ3) is 3.16. The molecule has 1 aromatic rings. The molecule has 1 aromatic heterocycles. The molecule has 2 heterocycles. The highest BCUT2D eigenvalue weighted by Gasteiger charge is 2.22. The number of halogens is 1. The molecule has 0 aromatic carbocycles. The second-order valence-corrected chi connectivity index (χ2v) is 5.30. The molecule has 1 atom stereocenters. The van der Waals surface area contributed by atoms with Crippen molar-refractivity contribution in [3.05, 3.63) is 16.2 Å². The molecule has 0 bridgehead atoms. The maximum absolute atomic E-state index is 5.08. The molecule has 1 fully saturated rings. The average molecular weight is 300 g/mol. The summed E-state index contributed by atoms with van der Waals surface area (Å²) < 4.78 is 5.96. The van der Waals surface area contributed by atoms with Crippen LogP contribution in [0, 0.1) is 5.92 Å². The highest BCUT2D eigenvalue weighted by Crippen LogP contribution is 2.24. The van der Waals surface area contributed by atoms with Crippen LogP contribution in [0.25, 0.3) is 0 Å². The van der Waals surface area contributed by atoms with Crippen molar-refractivity contribution < 1.29 is 4.74 Å². The summed E-state index contributed by atoms with van der Waals surface area (Å²) in [5.74, 6) is 1.26. The highest BCUT2D eigenvalue weighted by molar-refractivity contribution is 9.10. The third-order valence-corrected chi connectivity index (χ3v) is 3.84. The highest BCUT2D eigenvalue weighted by atomic mass is 79.9. The Kier molecular flexibility index (Phi) is 4.34. The summed E-state index contributed by atoms with van der Waals surface area (Å²) in [7, 11) is 1.60. The van der Waals surface area contributed by atoms with Crippen molar-refractivity contribution in [3.8, 4) is 5.88 Å². The number of nitrogens with zero attached hydrogens (tertiary/aromatic N) is 3. The van der Waals surface area contributed by atoms with Crippen LogP contribution in [0.1, 0.15) is 19.0 Å². The van der Waals surface area contributed by atoms with Crippen molar-refractivity contribution in [2.75, 3.05) is 26.7 Å². The van der Waals surface area contributed by atoms with Crippen molar-refractivity contribution in [2.24, 2.45) is 5.92 Å². The van der Waals surface area contributed by atoms with Gasteiger partial charge < -0.3 is 9.64 Å². The number of likely N-dealkylation sites (tertiary alicyclic amines) is 1. The molecule has 0 radical (unpaired) electrons. The number of aromatic nitrogens is 2. The first kappa shape index (κ1) is 12.8. The molecule has 0 aliphatic carbocycles. The Bertz CT molecular complexity index is 386. The molecule has 2 rings (SSSR count). The number of rotatable bonds is 4. The van der Waals surface area contributed by atoms with Crippen molar-refractivity contribution in [2.45, 2.75) is 19.8 Å². The van der Waals surface area contributed by atoms with Gasteiger partial charge in [0.25, 0.3) is 0 Å². The molecule has 1 unspecified atom stereocenters. The zero-order chi connectivity index (χ0) is 12.3. The van der Waals surface area contributed by atoms with Crippen LogP contribution in [-0.4, -0.2) is 41.8 Å². The predicted octanol–water partition coefficient (Wildman–Crippen LogP) is 2.13. The maximum atomic E-state index is 5.08. The summed E-state index contributed by atoms with van der Waals surface area (Å²) in [5.41, 5.74) is 1.04. The second-order valence-electron chi connectivity index (χ2n) is 4.44. The van der Waals surface area contributed by atoms with Crippen molar-refractivity contribution in [3.63, 3.8) is 0 Å². The summed E-state index contributed by atoms with van der Waals surface area (Å²) in [5, 5.41) is 8.25. The molecule has 0 spiro atoms. The Labute approximate surface area is 110 Å². The number of hydrogen-bond acceptors (Lipinski definition) is 4. The van der Waals surface area contributed by atoms with Crippen LogP contribution in [-0.2, 0) is 6.42 Å². The van der Waals surface area contributed by atoms with Gasteiger partial charge in [-0.15, -0.1) is 5.10 Å². The fourth-order valence-electron chi connectivity index (χ4n) is 2.29. The molecular weight excluding hydrogens is 282 g/mol. The van der Waals surface area contributed by atoms with Crippen molar-refractivity contribution in [1.82, 2.24) is 15.1 Å². The number of ether oxygens (including phenoxy) is 1. The zero-order valence-electron chi connectivity index (χ0n) is 10.3. The van der Waals surface area contributed by atoms with Gasteiger partial charge in [-0.05, 0) is 53.8 Å². The summed E-state index contributed by atoms with van der Waals surface area (Å²) in [4.78, 5) is 2.48.